The van der Waals surface area contributed by atoms with E-state index in [1.807, 2.05) is 57.0 Å². The molecule has 1 heterocycles. The number of fused-ring (bicyclic) bond motifs is 1. The number of ketones is 1. The lowest BCUT2D eigenvalue weighted by atomic mass is 9.83. The van der Waals surface area contributed by atoms with Gasteiger partial charge in [0, 0.05) is 36.5 Å². The number of nitrogens with zero attached hydrogens (tertiary/aromatic N) is 1. The summed E-state index contributed by atoms with van der Waals surface area (Å²) in [5, 5.41) is 0. The first-order valence-electron chi connectivity index (χ1n) is 10.3. The molecule has 0 radical (unpaired) electrons. The van der Waals surface area contributed by atoms with Crippen molar-refractivity contribution in [1.82, 2.24) is 4.72 Å². The molecule has 1 aliphatic heterocycles. The summed E-state index contributed by atoms with van der Waals surface area (Å²) in [5.74, 6) is -0.980. The van der Waals surface area contributed by atoms with Crippen LogP contribution in [-0.2, 0) is 29.8 Å². The summed E-state index contributed by atoms with van der Waals surface area (Å²) in [4.78, 5) is 26.5. The number of hydrogen-bond donors (Lipinski definition) is 1. The second-order valence-electron chi connectivity index (χ2n) is 8.32. The second-order valence-corrected chi connectivity index (χ2v) is 10.1. The van der Waals surface area contributed by atoms with Gasteiger partial charge in [-0.1, -0.05) is 49.7 Å². The summed E-state index contributed by atoms with van der Waals surface area (Å²) in [6, 6.07) is 14.4. The van der Waals surface area contributed by atoms with E-state index in [0.29, 0.717) is 0 Å². The van der Waals surface area contributed by atoms with E-state index in [-0.39, 0.29) is 29.1 Å². The summed E-state index contributed by atoms with van der Waals surface area (Å²) < 4.78 is 31.9. The average Bonchev–Trinajstić information content (AvgIpc) is 2.93. The molecule has 170 valence electrons. The predicted octanol–water partition coefficient (Wildman–Crippen LogP) is 3.09. The fourth-order valence-electron chi connectivity index (χ4n) is 3.77. The van der Waals surface area contributed by atoms with Crippen LogP contribution in [0.3, 0.4) is 0 Å². The Kier molecular flexibility index (Phi) is 6.85. The van der Waals surface area contributed by atoms with Crippen molar-refractivity contribution in [3.63, 3.8) is 0 Å². The van der Waals surface area contributed by atoms with E-state index in [1.165, 1.54) is 18.2 Å². The Morgan fingerprint density at radius 2 is 1.75 bits per heavy atom. The van der Waals surface area contributed by atoms with Crippen LogP contribution in [0.5, 0.6) is 0 Å². The molecule has 32 heavy (non-hydrogen) atoms. The van der Waals surface area contributed by atoms with Gasteiger partial charge in [-0.05, 0) is 30.7 Å². The highest BCUT2D eigenvalue weighted by molar-refractivity contribution is 7.89. The molecule has 1 N–H and O–H groups in total. The zero-order chi connectivity index (χ0) is 23.5. The molecule has 0 spiro atoms. The number of esters is 1. The Morgan fingerprint density at radius 3 is 2.41 bits per heavy atom. The Morgan fingerprint density at radius 1 is 1.09 bits per heavy atom. The molecular weight excluding hydrogens is 428 g/mol. The summed E-state index contributed by atoms with van der Waals surface area (Å²) in [6.45, 7) is 5.44. The lowest BCUT2D eigenvalue weighted by molar-refractivity contribution is -0.146. The number of anilines is 1. The van der Waals surface area contributed by atoms with Gasteiger partial charge in [0.15, 0.2) is 12.4 Å². The van der Waals surface area contributed by atoms with E-state index in [4.69, 9.17) is 4.74 Å². The van der Waals surface area contributed by atoms with E-state index >= 15 is 0 Å². The number of allylic oxidation sites excluding steroid dienone is 1. The van der Waals surface area contributed by atoms with Crippen LogP contribution in [0.15, 0.2) is 65.2 Å². The Hall–Kier alpha value is -2.97. The Balaban J connectivity index is 1.51. The first-order chi connectivity index (χ1) is 15.0. The Labute approximate surface area is 189 Å². The average molecular weight is 457 g/mol. The van der Waals surface area contributed by atoms with Crippen LogP contribution < -0.4 is 9.62 Å². The standard InChI is InChI=1S/C24H28N2O5S/c1-17-9-11-19(12-10-17)32(29,30)25-14-13-23(28)31-16-18(27)15-22-24(2,3)20-7-5-6-8-21(20)26(22)4/h5-12,15,25H,13-14,16H2,1-4H3/b22-15-. The molecule has 0 saturated heterocycles. The number of para-hydroxylation sites is 1. The van der Waals surface area contributed by atoms with Crippen molar-refractivity contribution in [2.75, 3.05) is 25.1 Å². The third-order valence-corrected chi connectivity index (χ3v) is 7.04. The normalized spacial score (nSPS) is 16.1. The molecule has 0 fully saturated rings. The van der Waals surface area contributed by atoms with Gasteiger partial charge in [0.2, 0.25) is 10.0 Å². The molecule has 0 saturated carbocycles. The van der Waals surface area contributed by atoms with Gasteiger partial charge < -0.3 is 9.64 Å². The minimum Gasteiger partial charge on any atom is -0.457 e. The van der Waals surface area contributed by atoms with Crippen molar-refractivity contribution in [3.8, 4) is 0 Å². The monoisotopic (exact) mass is 456 g/mol. The molecule has 7 nitrogen and oxygen atoms in total. The molecule has 0 bridgehead atoms. The minimum atomic E-state index is -3.70. The molecule has 3 rings (SSSR count). The van der Waals surface area contributed by atoms with E-state index < -0.39 is 22.6 Å². The summed E-state index contributed by atoms with van der Waals surface area (Å²) >= 11 is 0. The molecule has 0 unspecified atom stereocenters. The number of aryl methyl sites for hydroxylation is 1. The molecule has 2 aromatic carbocycles. The van der Waals surface area contributed by atoms with Gasteiger partial charge in [0.1, 0.15) is 0 Å². The highest BCUT2D eigenvalue weighted by atomic mass is 32.2. The molecule has 8 heteroatoms. The Bertz CT molecular complexity index is 1150. The van der Waals surface area contributed by atoms with Crippen molar-refractivity contribution < 1.29 is 22.7 Å². The molecule has 0 aromatic heterocycles. The topological polar surface area (TPSA) is 92.8 Å². The molecular formula is C24H28N2O5S. The van der Waals surface area contributed by atoms with E-state index in [1.54, 1.807) is 12.1 Å². The summed E-state index contributed by atoms with van der Waals surface area (Å²) in [6.07, 6.45) is 1.33. The van der Waals surface area contributed by atoms with Crippen LogP contribution >= 0.6 is 0 Å². The smallest absolute Gasteiger partial charge is 0.307 e. The van der Waals surface area contributed by atoms with Gasteiger partial charge in [-0.15, -0.1) is 0 Å². The minimum absolute atomic E-state index is 0.116. The largest absolute Gasteiger partial charge is 0.457 e. The van der Waals surface area contributed by atoms with E-state index in [2.05, 4.69) is 4.72 Å². The summed E-state index contributed by atoms with van der Waals surface area (Å²) in [5.41, 5.74) is 3.59. The van der Waals surface area contributed by atoms with Crippen molar-refractivity contribution in [1.29, 1.82) is 0 Å². The quantitative estimate of drug-likeness (QED) is 0.485. The maximum atomic E-state index is 12.4. The van der Waals surface area contributed by atoms with Crippen LogP contribution in [0.4, 0.5) is 5.69 Å². The molecule has 0 amide bonds. The van der Waals surface area contributed by atoms with Gasteiger partial charge in [-0.25, -0.2) is 13.1 Å². The zero-order valence-corrected chi connectivity index (χ0v) is 19.5. The van der Waals surface area contributed by atoms with Crippen molar-refractivity contribution >= 4 is 27.5 Å². The highest BCUT2D eigenvalue weighted by Gasteiger charge is 2.38. The number of sulfonamides is 1. The van der Waals surface area contributed by atoms with Gasteiger partial charge in [0.05, 0.1) is 11.3 Å². The SMILES string of the molecule is Cc1ccc(S(=O)(=O)NCCC(=O)OCC(=O)/C=C2\N(C)c3ccccc3C2(C)C)cc1. The number of benzene rings is 2. The van der Waals surface area contributed by atoms with E-state index in [0.717, 1.165) is 22.5 Å². The van der Waals surface area contributed by atoms with Crippen molar-refractivity contribution in [3.05, 3.63) is 71.4 Å². The van der Waals surface area contributed by atoms with E-state index in [9.17, 15) is 18.0 Å². The highest BCUT2D eigenvalue weighted by Crippen LogP contribution is 2.46. The number of carbonyl (C=O) groups excluding carboxylic acids is 2. The van der Waals surface area contributed by atoms with Crippen molar-refractivity contribution in [2.24, 2.45) is 0 Å². The lowest BCUT2D eigenvalue weighted by Crippen LogP contribution is -2.27. The van der Waals surface area contributed by atoms with Gasteiger partial charge in [-0.2, -0.15) is 0 Å². The zero-order valence-electron chi connectivity index (χ0n) is 18.7. The number of carbonyl (C=O) groups is 2. The second kappa shape index (κ2) is 9.26. The van der Waals surface area contributed by atoms with Crippen LogP contribution in [0, 0.1) is 6.92 Å². The summed E-state index contributed by atoms with van der Waals surface area (Å²) in [7, 11) is -1.80. The van der Waals surface area contributed by atoms with Crippen LogP contribution in [0.2, 0.25) is 0 Å². The van der Waals surface area contributed by atoms with Gasteiger partial charge in [-0.3, -0.25) is 9.59 Å². The third-order valence-electron chi connectivity index (χ3n) is 5.57. The van der Waals surface area contributed by atoms with Gasteiger partial charge in [0.25, 0.3) is 0 Å². The first kappa shape index (κ1) is 23.7. The molecule has 2 aromatic rings. The lowest BCUT2D eigenvalue weighted by Gasteiger charge is -2.23. The maximum absolute atomic E-state index is 12.4. The number of nitrogens with one attached hydrogen (secondary N) is 1. The fraction of sp³-hybridized carbons (Fsp3) is 0.333. The third kappa shape index (κ3) is 5.08. The van der Waals surface area contributed by atoms with Crippen LogP contribution in [-0.4, -0.2) is 40.4 Å². The molecule has 0 atom stereocenters. The molecule has 0 aliphatic carbocycles. The van der Waals surface area contributed by atoms with Crippen molar-refractivity contribution in [2.45, 2.75) is 37.5 Å². The van der Waals surface area contributed by atoms with Crippen LogP contribution in [0.25, 0.3) is 0 Å². The first-order valence-corrected chi connectivity index (χ1v) is 11.8. The predicted molar refractivity (Wildman–Crippen MR) is 123 cm³/mol. The van der Waals surface area contributed by atoms with Crippen LogP contribution in [0.1, 0.15) is 31.4 Å². The number of likely N-dealkylation sites (N-methyl/N-ethyl adjacent to an activating group) is 1. The fourth-order valence-corrected chi connectivity index (χ4v) is 4.80. The molecule has 1 aliphatic rings. The number of rotatable bonds is 8. The van der Waals surface area contributed by atoms with Gasteiger partial charge >= 0.3 is 5.97 Å². The number of ether oxygens (including phenoxy) is 1. The number of hydrogen-bond acceptors (Lipinski definition) is 6. The maximum Gasteiger partial charge on any atom is 0.307 e.